The summed E-state index contributed by atoms with van der Waals surface area (Å²) < 4.78 is 5.25. The van der Waals surface area contributed by atoms with Gasteiger partial charge in [-0.05, 0) is 51.0 Å². The summed E-state index contributed by atoms with van der Waals surface area (Å²) in [5.74, 6) is -1.26. The van der Waals surface area contributed by atoms with E-state index in [1.165, 1.54) is 16.2 Å². The lowest BCUT2D eigenvalue weighted by molar-refractivity contribution is -0.128. The number of nitrogens with zero attached hydrogens (tertiary/aromatic N) is 1. The van der Waals surface area contributed by atoms with Gasteiger partial charge in [-0.1, -0.05) is 19.1 Å². The van der Waals surface area contributed by atoms with Gasteiger partial charge >= 0.3 is 5.97 Å². The Bertz CT molecular complexity index is 916. The van der Waals surface area contributed by atoms with E-state index >= 15 is 0 Å². The van der Waals surface area contributed by atoms with Gasteiger partial charge in [0.25, 0.3) is 5.91 Å². The summed E-state index contributed by atoms with van der Waals surface area (Å²) in [5, 5.41) is 2.80. The number of hydrogen-bond acceptors (Lipinski definition) is 5. The normalized spacial score (nSPS) is 15.1. The molecule has 0 radical (unpaired) electrons. The van der Waals surface area contributed by atoms with Crippen molar-refractivity contribution >= 4 is 40.5 Å². The highest BCUT2D eigenvalue weighted by Gasteiger charge is 2.43. The zero-order chi connectivity index (χ0) is 19.8. The van der Waals surface area contributed by atoms with Gasteiger partial charge in [-0.2, -0.15) is 0 Å². The number of carbonyl (C=O) groups excluding carboxylic acids is 3. The van der Waals surface area contributed by atoms with Gasteiger partial charge in [0.1, 0.15) is 10.4 Å². The summed E-state index contributed by atoms with van der Waals surface area (Å²) in [4.78, 5) is 40.5. The van der Waals surface area contributed by atoms with Crippen LogP contribution < -0.4 is 10.2 Å². The first-order valence-electron chi connectivity index (χ1n) is 8.75. The van der Waals surface area contributed by atoms with Gasteiger partial charge in [0.05, 0.1) is 11.4 Å². The molecule has 7 heteroatoms. The van der Waals surface area contributed by atoms with Crippen LogP contribution in [-0.4, -0.2) is 29.9 Å². The molecule has 2 aromatic rings. The molecule has 0 spiro atoms. The summed E-state index contributed by atoms with van der Waals surface area (Å²) in [7, 11) is 0. The van der Waals surface area contributed by atoms with E-state index in [1.807, 2.05) is 13.8 Å². The highest BCUT2D eigenvalue weighted by molar-refractivity contribution is 7.14. The minimum atomic E-state index is -1.09. The van der Waals surface area contributed by atoms with Crippen molar-refractivity contribution in [3.63, 3.8) is 0 Å². The van der Waals surface area contributed by atoms with Crippen molar-refractivity contribution in [2.75, 3.05) is 16.8 Å². The van der Waals surface area contributed by atoms with E-state index in [2.05, 4.69) is 5.32 Å². The molecule has 1 aromatic carbocycles. The third-order valence-electron chi connectivity index (χ3n) is 4.69. The molecule has 0 saturated heterocycles. The van der Waals surface area contributed by atoms with Crippen molar-refractivity contribution in [1.82, 2.24) is 0 Å². The van der Waals surface area contributed by atoms with Gasteiger partial charge in [0.2, 0.25) is 5.91 Å². The Hall–Kier alpha value is -2.67. The lowest BCUT2D eigenvalue weighted by atomic mass is 9.96. The Kier molecular flexibility index (Phi) is 5.06. The number of carbonyl (C=O) groups is 3. The maximum Gasteiger partial charge on any atom is 0.348 e. The molecule has 6 nitrogen and oxygen atoms in total. The number of anilines is 2. The van der Waals surface area contributed by atoms with Crippen molar-refractivity contribution in [2.45, 2.75) is 39.7 Å². The van der Waals surface area contributed by atoms with E-state index in [9.17, 15) is 14.4 Å². The van der Waals surface area contributed by atoms with Crippen LogP contribution in [0.15, 0.2) is 30.3 Å². The highest BCUT2D eigenvalue weighted by atomic mass is 32.1. The second kappa shape index (κ2) is 7.15. The molecule has 1 aromatic heterocycles. The van der Waals surface area contributed by atoms with E-state index < -0.39 is 24.0 Å². The number of aryl methyl sites for hydroxylation is 2. The summed E-state index contributed by atoms with van der Waals surface area (Å²) in [6, 6.07) is 8.87. The first-order chi connectivity index (χ1) is 12.8. The Balaban J connectivity index is 1.78. The van der Waals surface area contributed by atoms with E-state index in [0.29, 0.717) is 16.3 Å². The monoisotopic (exact) mass is 386 g/mol. The molecule has 0 fully saturated rings. The molecular weight excluding hydrogens is 364 g/mol. The summed E-state index contributed by atoms with van der Waals surface area (Å²) in [6.07, 6.45) is 0.836. The Morgan fingerprint density at radius 2 is 1.96 bits per heavy atom. The van der Waals surface area contributed by atoms with Crippen molar-refractivity contribution in [2.24, 2.45) is 0 Å². The van der Waals surface area contributed by atoms with Crippen LogP contribution in [0.5, 0.6) is 0 Å². The number of amides is 2. The van der Waals surface area contributed by atoms with Gasteiger partial charge in [0, 0.05) is 4.88 Å². The van der Waals surface area contributed by atoms with Crippen molar-refractivity contribution in [3.05, 3.63) is 45.6 Å². The number of nitrogens with one attached hydrogen (secondary N) is 1. The summed E-state index contributed by atoms with van der Waals surface area (Å²) >= 11 is 1.36. The minimum absolute atomic E-state index is 0.289. The van der Waals surface area contributed by atoms with Crippen molar-refractivity contribution in [1.29, 1.82) is 0 Å². The SMILES string of the molecule is CCc1cc(C(=O)OCC(=O)N2c3ccccc3NC(=O)C2(C)C)sc1C. The molecule has 27 heavy (non-hydrogen) atoms. The van der Waals surface area contributed by atoms with E-state index in [-0.39, 0.29) is 5.91 Å². The van der Waals surface area contributed by atoms with Gasteiger partial charge in [-0.25, -0.2) is 4.79 Å². The molecule has 0 bridgehead atoms. The largest absolute Gasteiger partial charge is 0.451 e. The Labute approximate surface area is 162 Å². The molecule has 0 aliphatic carbocycles. The maximum absolute atomic E-state index is 12.9. The standard InChI is InChI=1S/C20H22N2O4S/c1-5-13-10-16(27-12(13)2)18(24)26-11-17(23)22-15-9-7-6-8-14(15)21-19(25)20(22,3)4/h6-10H,5,11H2,1-4H3,(H,21,25). The number of ether oxygens (including phenoxy) is 1. The molecule has 1 aliphatic heterocycles. The number of hydrogen-bond donors (Lipinski definition) is 1. The fourth-order valence-corrected chi connectivity index (χ4v) is 4.14. The van der Waals surface area contributed by atoms with Gasteiger partial charge < -0.3 is 10.1 Å². The molecule has 142 valence electrons. The average molecular weight is 386 g/mol. The van der Waals surface area contributed by atoms with Crippen LogP contribution in [0.4, 0.5) is 11.4 Å². The van der Waals surface area contributed by atoms with Crippen LogP contribution in [0.1, 0.15) is 40.9 Å². The van der Waals surface area contributed by atoms with Crippen LogP contribution in [0.3, 0.4) is 0 Å². The smallest absolute Gasteiger partial charge is 0.348 e. The van der Waals surface area contributed by atoms with E-state index in [1.54, 1.807) is 44.2 Å². The molecule has 1 aliphatic rings. The van der Waals surface area contributed by atoms with Crippen LogP contribution in [0.25, 0.3) is 0 Å². The minimum Gasteiger partial charge on any atom is -0.451 e. The lowest BCUT2D eigenvalue weighted by Gasteiger charge is -2.41. The average Bonchev–Trinajstić information content (AvgIpc) is 3.01. The number of fused-ring (bicyclic) bond motifs is 1. The van der Waals surface area contributed by atoms with Gasteiger partial charge in [-0.15, -0.1) is 11.3 Å². The first-order valence-corrected chi connectivity index (χ1v) is 9.57. The highest BCUT2D eigenvalue weighted by Crippen LogP contribution is 2.36. The summed E-state index contributed by atoms with van der Waals surface area (Å²) in [6.45, 7) is 6.87. The molecule has 3 rings (SSSR count). The molecule has 0 unspecified atom stereocenters. The van der Waals surface area contributed by atoms with E-state index in [4.69, 9.17) is 4.74 Å². The van der Waals surface area contributed by atoms with Crippen LogP contribution in [-0.2, 0) is 20.7 Å². The predicted octanol–water partition coefficient (Wildman–Crippen LogP) is 3.54. The fraction of sp³-hybridized carbons (Fsp3) is 0.350. The molecule has 2 heterocycles. The quantitative estimate of drug-likeness (QED) is 0.816. The number of benzene rings is 1. The number of thiophene rings is 1. The maximum atomic E-state index is 12.9. The van der Waals surface area contributed by atoms with Gasteiger partial charge in [-0.3, -0.25) is 14.5 Å². The van der Waals surface area contributed by atoms with Crippen LogP contribution >= 0.6 is 11.3 Å². The number of esters is 1. The molecule has 0 atom stereocenters. The third-order valence-corrected chi connectivity index (χ3v) is 5.76. The van der Waals surface area contributed by atoms with Crippen molar-refractivity contribution in [3.8, 4) is 0 Å². The second-order valence-corrected chi connectivity index (χ2v) is 8.14. The lowest BCUT2D eigenvalue weighted by Crippen LogP contribution is -2.59. The van der Waals surface area contributed by atoms with Crippen LogP contribution in [0.2, 0.25) is 0 Å². The predicted molar refractivity (Wildman–Crippen MR) is 105 cm³/mol. The molecular formula is C20H22N2O4S. The molecule has 1 N–H and O–H groups in total. The first kappa shape index (κ1) is 19.1. The Morgan fingerprint density at radius 3 is 2.63 bits per heavy atom. The van der Waals surface area contributed by atoms with Crippen molar-refractivity contribution < 1.29 is 19.1 Å². The molecule has 2 amide bonds. The number of para-hydroxylation sites is 2. The number of rotatable bonds is 4. The van der Waals surface area contributed by atoms with Gasteiger partial charge in [0.15, 0.2) is 6.61 Å². The zero-order valence-electron chi connectivity index (χ0n) is 15.8. The Morgan fingerprint density at radius 1 is 1.26 bits per heavy atom. The van der Waals surface area contributed by atoms with E-state index in [0.717, 1.165) is 16.9 Å². The van der Waals surface area contributed by atoms with Crippen LogP contribution in [0, 0.1) is 6.92 Å². The zero-order valence-corrected chi connectivity index (χ0v) is 16.6. The summed E-state index contributed by atoms with van der Waals surface area (Å²) in [5.41, 5.74) is 1.15. The topological polar surface area (TPSA) is 75.7 Å². The second-order valence-electron chi connectivity index (χ2n) is 6.88. The molecule has 0 saturated carbocycles. The third kappa shape index (κ3) is 3.47. The fourth-order valence-electron chi connectivity index (χ4n) is 3.13.